The summed E-state index contributed by atoms with van der Waals surface area (Å²) in [6.45, 7) is 11.0. The number of nitriles is 2. The van der Waals surface area contributed by atoms with E-state index in [2.05, 4.69) is 93.3 Å². The predicted molar refractivity (Wildman–Crippen MR) is 244 cm³/mol. The van der Waals surface area contributed by atoms with Crippen LogP contribution in [0.25, 0.3) is 10.8 Å². The van der Waals surface area contributed by atoms with Crippen LogP contribution in [0.5, 0.6) is 0 Å². The van der Waals surface area contributed by atoms with Gasteiger partial charge in [0, 0.05) is 34.7 Å². The average molecular weight is 828 g/mol. The quantitative estimate of drug-likeness (QED) is 0.0646. The lowest BCUT2D eigenvalue weighted by molar-refractivity contribution is -0.437. The summed E-state index contributed by atoms with van der Waals surface area (Å²) in [6, 6.07) is 25.7. The summed E-state index contributed by atoms with van der Waals surface area (Å²) in [4.78, 5) is 26.4. The van der Waals surface area contributed by atoms with Crippen molar-refractivity contribution < 1.29 is 28.8 Å². The van der Waals surface area contributed by atoms with Crippen molar-refractivity contribution in [2.24, 2.45) is 0 Å². The number of nitrogens with zero attached hydrogens (tertiary/aromatic N) is 4. The second-order valence-corrected chi connectivity index (χ2v) is 17.4. The van der Waals surface area contributed by atoms with Crippen LogP contribution < -0.4 is 4.90 Å². The summed E-state index contributed by atoms with van der Waals surface area (Å²) in [5, 5.41) is 43.9. The summed E-state index contributed by atoms with van der Waals surface area (Å²) in [7, 11) is 0. The summed E-state index contributed by atoms with van der Waals surface area (Å²) in [5.41, 5.74) is 10.4. The number of furan rings is 1. The van der Waals surface area contributed by atoms with Crippen LogP contribution in [0.2, 0.25) is 0 Å². The average Bonchev–Trinajstić information content (AvgIpc) is 4.01. The maximum atomic E-state index is 12.2. The first-order chi connectivity index (χ1) is 29.8. The van der Waals surface area contributed by atoms with Crippen molar-refractivity contribution in [1.82, 2.24) is 0 Å². The molecular formula is C53H55N4O5+. The molecule has 9 nitrogen and oxygen atoms in total. The Labute approximate surface area is 364 Å². The van der Waals surface area contributed by atoms with E-state index in [0.29, 0.717) is 42.7 Å². The number of rotatable bonds is 16. The van der Waals surface area contributed by atoms with Gasteiger partial charge in [0.15, 0.2) is 6.54 Å². The highest BCUT2D eigenvalue weighted by Gasteiger charge is 2.51. The zero-order valence-electron chi connectivity index (χ0n) is 36.4. The standard InChI is InChI=1S/C53H54N4O5/c1-6-7-24-53(25-20-35(2)3)44-17-15-38-10-8-9-11-42(38)50(44)57(27-22-49(60)61)47(53)19-16-39-13-14-40(43(39)33-55)30-41(32-54)51-52(5,31-37-23-28-62-34-37)45-29-36(4)12-18-46(45)56(51)26-21-48(58)59/h8-12,15-20,23,28-30,34H,6-7,13-14,21-22,24-27,31H2,1-5H3,(H-,58,59,60,61)/p+1. The number of carbonyl (C=O) groups is 2. The monoisotopic (exact) mass is 827 g/mol. The van der Waals surface area contributed by atoms with E-state index >= 15 is 0 Å². The third-order valence-corrected chi connectivity index (χ3v) is 12.9. The van der Waals surface area contributed by atoms with Gasteiger partial charge in [0.25, 0.3) is 0 Å². The molecule has 1 aliphatic carbocycles. The molecule has 0 saturated heterocycles. The highest BCUT2D eigenvalue weighted by Crippen LogP contribution is 2.56. The van der Waals surface area contributed by atoms with Gasteiger partial charge in [-0.05, 0) is 112 Å². The molecule has 2 unspecified atom stereocenters. The zero-order valence-corrected chi connectivity index (χ0v) is 36.4. The van der Waals surface area contributed by atoms with E-state index in [4.69, 9.17) is 4.42 Å². The third kappa shape index (κ3) is 8.20. The molecule has 2 N–H and O–H groups in total. The molecular weight excluding hydrogens is 773 g/mol. The first kappa shape index (κ1) is 43.4. The smallest absolute Gasteiger partial charge is 0.309 e. The van der Waals surface area contributed by atoms with Crippen molar-refractivity contribution in [1.29, 1.82) is 10.5 Å². The van der Waals surface area contributed by atoms with E-state index in [-0.39, 0.29) is 19.4 Å². The van der Waals surface area contributed by atoms with Gasteiger partial charge in [0.05, 0.1) is 41.7 Å². The molecule has 3 aromatic carbocycles. The second-order valence-electron chi connectivity index (χ2n) is 17.4. The Hall–Kier alpha value is -6.71. The molecule has 0 amide bonds. The van der Waals surface area contributed by atoms with Gasteiger partial charge in [-0.25, -0.2) is 0 Å². The molecule has 2 atom stereocenters. The lowest BCUT2D eigenvalue weighted by Gasteiger charge is -2.33. The Kier molecular flexibility index (Phi) is 12.7. The van der Waals surface area contributed by atoms with E-state index < -0.39 is 22.8 Å². The van der Waals surface area contributed by atoms with Gasteiger partial charge in [0.2, 0.25) is 11.4 Å². The number of benzene rings is 3. The maximum Gasteiger partial charge on any atom is 0.309 e. The lowest BCUT2D eigenvalue weighted by Crippen LogP contribution is -2.36. The first-order valence-corrected chi connectivity index (χ1v) is 21.7. The summed E-state index contributed by atoms with van der Waals surface area (Å²) in [6.07, 6.45) is 16.7. The largest absolute Gasteiger partial charge is 0.481 e. The second kappa shape index (κ2) is 18.1. The number of aliphatic carboxylic acids is 2. The van der Waals surface area contributed by atoms with Gasteiger partial charge in [0.1, 0.15) is 18.1 Å². The van der Waals surface area contributed by atoms with Crippen molar-refractivity contribution >= 4 is 39.8 Å². The van der Waals surface area contributed by atoms with Crippen LogP contribution in [-0.4, -0.2) is 45.5 Å². The van der Waals surface area contributed by atoms with Gasteiger partial charge in [-0.3, -0.25) is 9.59 Å². The Bertz CT molecular complexity index is 2710. The lowest BCUT2D eigenvalue weighted by atomic mass is 9.72. The summed E-state index contributed by atoms with van der Waals surface area (Å²) in [5.74, 6) is -1.80. The Morgan fingerprint density at radius 1 is 0.984 bits per heavy atom. The molecule has 4 aromatic rings. The number of hydrogen-bond donors (Lipinski definition) is 2. The van der Waals surface area contributed by atoms with Gasteiger partial charge in [-0.15, -0.1) is 0 Å². The number of anilines is 1. The van der Waals surface area contributed by atoms with E-state index in [1.165, 1.54) is 11.1 Å². The van der Waals surface area contributed by atoms with Gasteiger partial charge in [-0.2, -0.15) is 15.1 Å². The maximum absolute atomic E-state index is 12.2. The minimum absolute atomic E-state index is 0.0381. The van der Waals surface area contributed by atoms with Crippen molar-refractivity contribution in [3.63, 3.8) is 0 Å². The molecule has 7 rings (SSSR count). The van der Waals surface area contributed by atoms with Crippen LogP contribution in [0.4, 0.5) is 11.4 Å². The number of unbranched alkanes of at least 4 members (excludes halogenated alkanes) is 1. The highest BCUT2D eigenvalue weighted by atomic mass is 16.4. The zero-order chi connectivity index (χ0) is 44.2. The van der Waals surface area contributed by atoms with E-state index in [9.17, 15) is 30.3 Å². The van der Waals surface area contributed by atoms with Crippen molar-refractivity contribution in [2.75, 3.05) is 18.0 Å². The highest BCUT2D eigenvalue weighted by molar-refractivity contribution is 6.10. The van der Waals surface area contributed by atoms with Crippen LogP contribution in [0.15, 0.2) is 135 Å². The molecule has 2 aliphatic heterocycles. The molecule has 316 valence electrons. The molecule has 3 heterocycles. The van der Waals surface area contributed by atoms with Crippen molar-refractivity contribution in [2.45, 2.75) is 103 Å². The van der Waals surface area contributed by atoms with Crippen LogP contribution in [0.3, 0.4) is 0 Å². The van der Waals surface area contributed by atoms with Crippen LogP contribution in [-0.2, 0) is 26.8 Å². The van der Waals surface area contributed by atoms with E-state index in [1.54, 1.807) is 12.5 Å². The van der Waals surface area contributed by atoms with E-state index in [1.807, 2.05) is 47.9 Å². The molecule has 0 saturated carbocycles. The number of allylic oxidation sites excluding steroid dienone is 10. The molecule has 9 heteroatoms. The molecule has 3 aliphatic rings. The minimum Gasteiger partial charge on any atom is -0.481 e. The summed E-state index contributed by atoms with van der Waals surface area (Å²) >= 11 is 0. The SMILES string of the molecule is CCCCC1(CC=C(C)C)/C(=C/C=C2\CCC(/C=C(\C#N)C3=[N+](CCC(=O)O)c4ccc(C)cc4C3(C)Cc3ccoc3)=C2C#N)N(CCC(=O)O)c2c1ccc1ccccc21. The Balaban J connectivity index is 1.40. The Morgan fingerprint density at radius 2 is 1.77 bits per heavy atom. The van der Waals surface area contributed by atoms with Crippen LogP contribution >= 0.6 is 0 Å². The fourth-order valence-electron chi connectivity index (χ4n) is 10.00. The molecule has 62 heavy (non-hydrogen) atoms. The Morgan fingerprint density at radius 3 is 2.47 bits per heavy atom. The normalized spacial score (nSPS) is 20.8. The van der Waals surface area contributed by atoms with Crippen LogP contribution in [0.1, 0.15) is 101 Å². The third-order valence-electron chi connectivity index (χ3n) is 12.9. The molecule has 0 fully saturated rings. The van der Waals surface area contributed by atoms with Crippen molar-refractivity contribution in [3.8, 4) is 12.1 Å². The van der Waals surface area contributed by atoms with Gasteiger partial charge < -0.3 is 19.5 Å². The summed E-state index contributed by atoms with van der Waals surface area (Å²) < 4.78 is 7.46. The fourth-order valence-corrected chi connectivity index (χ4v) is 10.00. The molecule has 0 spiro atoms. The van der Waals surface area contributed by atoms with Crippen LogP contribution in [0, 0.1) is 29.6 Å². The topological polar surface area (TPSA) is 142 Å². The van der Waals surface area contributed by atoms with Gasteiger partial charge in [-0.1, -0.05) is 85.5 Å². The van der Waals surface area contributed by atoms with E-state index in [0.717, 1.165) is 81.4 Å². The molecule has 0 bridgehead atoms. The minimum atomic E-state index is -0.933. The molecule has 1 aromatic heterocycles. The first-order valence-electron chi connectivity index (χ1n) is 21.7. The number of hydrogen-bond acceptors (Lipinski definition) is 6. The number of fused-ring (bicyclic) bond motifs is 4. The van der Waals surface area contributed by atoms with Gasteiger partial charge >= 0.3 is 11.9 Å². The number of carboxylic acid groups (broad SMARTS) is 2. The number of aryl methyl sites for hydroxylation is 1. The number of carboxylic acids is 2. The fraction of sp³-hybridized carbons (Fsp3) is 0.340. The predicted octanol–water partition coefficient (Wildman–Crippen LogP) is 11.5. The van der Waals surface area contributed by atoms with Crippen molar-refractivity contribution in [3.05, 3.63) is 153 Å². The molecule has 0 radical (unpaired) electrons.